The van der Waals surface area contributed by atoms with Crippen LogP contribution in [0.25, 0.3) is 44.2 Å². The lowest BCUT2D eigenvalue weighted by atomic mass is 10.1. The zero-order chi connectivity index (χ0) is 44.7. The number of rotatable bonds is 5. The highest BCUT2D eigenvalue weighted by Crippen LogP contribution is 2.47. The van der Waals surface area contributed by atoms with Crippen LogP contribution in [-0.2, 0) is 9.47 Å². The van der Waals surface area contributed by atoms with Crippen molar-refractivity contribution in [1.29, 1.82) is 0 Å². The molecule has 2 heterocycles. The Labute approximate surface area is 371 Å². The van der Waals surface area contributed by atoms with E-state index in [9.17, 15) is 14.4 Å². The van der Waals surface area contributed by atoms with Crippen molar-refractivity contribution in [3.8, 4) is 22.9 Å². The van der Waals surface area contributed by atoms with Crippen LogP contribution in [0.4, 0.5) is 9.59 Å². The van der Waals surface area contributed by atoms with Gasteiger partial charge in [0.25, 0.3) is 5.91 Å². The molecule has 61 heavy (non-hydrogen) atoms. The summed E-state index contributed by atoms with van der Waals surface area (Å²) >= 11 is 25.1. The molecule has 0 radical (unpaired) electrons. The summed E-state index contributed by atoms with van der Waals surface area (Å²) in [7, 11) is 3.39. The first-order valence-corrected chi connectivity index (χ1v) is 20.2. The van der Waals surface area contributed by atoms with E-state index in [2.05, 4.69) is 20.4 Å². The maximum Gasteiger partial charge on any atom is 0.514 e. The van der Waals surface area contributed by atoms with Crippen LogP contribution in [0.3, 0.4) is 0 Å². The number of carbonyl (C=O) groups excluding carboxylic acids is 3. The predicted octanol–water partition coefficient (Wildman–Crippen LogP) is 11.6. The smallest absolute Gasteiger partial charge is 0.428 e. The number of halogens is 4. The molecule has 0 unspecified atom stereocenters. The summed E-state index contributed by atoms with van der Waals surface area (Å²) in [5.41, 5.74) is 4.11. The molecule has 0 fully saturated rings. The lowest BCUT2D eigenvalue weighted by Gasteiger charge is -2.20. The highest BCUT2D eigenvalue weighted by molar-refractivity contribution is 6.53. The predicted molar refractivity (Wildman–Crippen MR) is 236 cm³/mol. The fraction of sp³-hybridized carbons (Fsp3) is 0.279. The SMILES string of the molecule is CN(C)C(=O)c1ccc2nn(-c3c(OC(=O)OC(C)(C)C)ccc4ccccc34)nc2c1.Cc1cc2nn(-c3c(Cl)c(Cl)c(Cl)c(Cl)c3OC(=O)OC(C)(C)C)nc2cc1C. The van der Waals surface area contributed by atoms with E-state index in [0.717, 1.165) is 21.9 Å². The zero-order valence-electron chi connectivity index (χ0n) is 34.9. The van der Waals surface area contributed by atoms with Gasteiger partial charge in [0.05, 0.1) is 15.1 Å². The van der Waals surface area contributed by atoms with E-state index in [1.165, 1.54) is 14.5 Å². The van der Waals surface area contributed by atoms with Crippen LogP contribution >= 0.6 is 46.4 Å². The van der Waals surface area contributed by atoms with Crippen LogP contribution < -0.4 is 9.47 Å². The average molecular weight is 910 g/mol. The van der Waals surface area contributed by atoms with Crippen LogP contribution in [0.15, 0.2) is 66.7 Å². The molecule has 0 spiro atoms. The van der Waals surface area contributed by atoms with E-state index in [0.29, 0.717) is 33.3 Å². The monoisotopic (exact) mass is 907 g/mol. The molecule has 0 N–H and O–H groups in total. The first-order chi connectivity index (χ1) is 28.5. The molecular formula is C43H41Cl4N7O7. The molecule has 7 rings (SSSR count). The quantitative estimate of drug-likeness (QED) is 0.0702. The molecular weight excluding hydrogens is 868 g/mol. The molecule has 0 saturated carbocycles. The summed E-state index contributed by atoms with van der Waals surface area (Å²) < 4.78 is 21.4. The molecule has 0 bridgehead atoms. The Kier molecular flexibility index (Phi) is 12.8. The van der Waals surface area contributed by atoms with Gasteiger partial charge in [-0.05, 0) is 108 Å². The highest BCUT2D eigenvalue weighted by Gasteiger charge is 2.29. The van der Waals surface area contributed by atoms with Crippen molar-refractivity contribution in [2.45, 2.75) is 66.6 Å². The average Bonchev–Trinajstić information content (AvgIpc) is 3.77. The van der Waals surface area contributed by atoms with Crippen molar-refractivity contribution in [2.24, 2.45) is 0 Å². The molecule has 2 aromatic heterocycles. The van der Waals surface area contributed by atoms with E-state index in [-0.39, 0.29) is 43.2 Å². The molecule has 14 nitrogen and oxygen atoms in total. The number of hydrogen-bond donors (Lipinski definition) is 0. The van der Waals surface area contributed by atoms with Crippen LogP contribution in [0.1, 0.15) is 63.0 Å². The lowest BCUT2D eigenvalue weighted by molar-refractivity contribution is 0.0192. The van der Waals surface area contributed by atoms with Crippen molar-refractivity contribution in [3.63, 3.8) is 0 Å². The second-order valence-electron chi connectivity index (χ2n) is 16.0. The third-order valence-corrected chi connectivity index (χ3v) is 10.4. The standard InChI is InChI=1S/C24H24N4O4.C19H17Cl4N3O3/c1-24(2,3)32-23(30)31-20-13-11-15-8-6-7-9-17(15)21(20)28-25-18-12-10-16(14-19(18)26-28)22(29)27(4)5;1-8-6-10-11(7-9(8)2)25-26(24-10)16-14(22)12(20)13(21)15(23)17(16)28-18(27)29-19(3,4)5/h6-14H,1-5H3;6-7H,1-5H3. The number of ether oxygens (including phenoxy) is 4. The molecule has 0 aliphatic rings. The van der Waals surface area contributed by atoms with Gasteiger partial charge in [0.15, 0.2) is 17.2 Å². The van der Waals surface area contributed by atoms with Gasteiger partial charge in [0.2, 0.25) is 0 Å². The number of aromatic nitrogens is 6. The lowest BCUT2D eigenvalue weighted by Crippen LogP contribution is -2.26. The largest absolute Gasteiger partial charge is 0.514 e. The number of aryl methyl sites for hydroxylation is 2. The van der Waals surface area contributed by atoms with Crippen LogP contribution in [0, 0.1) is 13.8 Å². The van der Waals surface area contributed by atoms with E-state index in [1.807, 2.05) is 56.3 Å². The Hall–Kier alpha value is -5.67. The number of amides is 1. The fourth-order valence-corrected chi connectivity index (χ4v) is 6.73. The van der Waals surface area contributed by atoms with E-state index in [4.69, 9.17) is 65.4 Å². The maximum absolute atomic E-state index is 12.4. The summed E-state index contributed by atoms with van der Waals surface area (Å²) in [4.78, 5) is 41.1. The Morgan fingerprint density at radius 2 is 1.10 bits per heavy atom. The summed E-state index contributed by atoms with van der Waals surface area (Å²) in [5, 5.41) is 19.5. The molecule has 1 amide bonds. The minimum absolute atomic E-state index is 0.0152. The van der Waals surface area contributed by atoms with Gasteiger partial charge in [-0.25, -0.2) is 9.59 Å². The number of fused-ring (bicyclic) bond motifs is 3. The third kappa shape index (κ3) is 10.1. The van der Waals surface area contributed by atoms with E-state index in [1.54, 1.807) is 79.9 Å². The Balaban J connectivity index is 0.000000205. The molecule has 0 aliphatic heterocycles. The van der Waals surface area contributed by atoms with E-state index >= 15 is 0 Å². The third-order valence-electron chi connectivity index (χ3n) is 8.65. The molecule has 7 aromatic rings. The summed E-state index contributed by atoms with van der Waals surface area (Å²) in [6.45, 7) is 14.3. The summed E-state index contributed by atoms with van der Waals surface area (Å²) in [6, 6.07) is 20.1. The van der Waals surface area contributed by atoms with Crippen LogP contribution in [0.2, 0.25) is 20.1 Å². The Morgan fingerprint density at radius 3 is 1.67 bits per heavy atom. The van der Waals surface area contributed by atoms with Crippen molar-refractivity contribution < 1.29 is 33.3 Å². The minimum atomic E-state index is -0.987. The molecule has 0 saturated heterocycles. The second kappa shape index (κ2) is 17.4. The van der Waals surface area contributed by atoms with Crippen molar-refractivity contribution in [3.05, 3.63) is 104 Å². The number of hydrogen-bond acceptors (Lipinski definition) is 11. The van der Waals surface area contributed by atoms with Crippen molar-refractivity contribution in [2.75, 3.05) is 14.1 Å². The van der Waals surface area contributed by atoms with Gasteiger partial charge in [-0.15, -0.1) is 30.0 Å². The van der Waals surface area contributed by atoms with E-state index < -0.39 is 23.5 Å². The first kappa shape index (κ1) is 44.9. The molecule has 0 atom stereocenters. The molecule has 318 valence electrons. The van der Waals surface area contributed by atoms with Gasteiger partial charge in [0.1, 0.15) is 44.0 Å². The highest BCUT2D eigenvalue weighted by atomic mass is 35.5. The van der Waals surface area contributed by atoms with Gasteiger partial charge in [0, 0.05) is 25.0 Å². The number of benzene rings is 5. The number of carbonyl (C=O) groups is 3. The minimum Gasteiger partial charge on any atom is -0.428 e. The summed E-state index contributed by atoms with van der Waals surface area (Å²) in [5.74, 6) is -0.0162. The van der Waals surface area contributed by atoms with Crippen LogP contribution in [0.5, 0.6) is 11.5 Å². The number of nitrogens with zero attached hydrogens (tertiary/aromatic N) is 7. The molecule has 18 heteroatoms. The second-order valence-corrected chi connectivity index (χ2v) is 17.5. The molecule has 0 aliphatic carbocycles. The molecule has 5 aromatic carbocycles. The maximum atomic E-state index is 12.4. The van der Waals surface area contributed by atoms with Crippen molar-refractivity contribution in [1.82, 2.24) is 34.9 Å². The Bertz CT molecular complexity index is 2820. The normalized spacial score (nSPS) is 11.6. The van der Waals surface area contributed by atoms with Gasteiger partial charge < -0.3 is 23.8 Å². The van der Waals surface area contributed by atoms with Gasteiger partial charge in [-0.1, -0.05) is 76.7 Å². The Morgan fingerprint density at radius 1 is 0.590 bits per heavy atom. The summed E-state index contributed by atoms with van der Waals surface area (Å²) in [6.07, 6.45) is -1.80. The van der Waals surface area contributed by atoms with Gasteiger partial charge in [-0.2, -0.15) is 0 Å². The fourth-order valence-electron chi connectivity index (χ4n) is 5.79. The zero-order valence-corrected chi connectivity index (χ0v) is 37.9. The topological polar surface area (TPSA) is 153 Å². The first-order valence-electron chi connectivity index (χ1n) is 18.6. The van der Waals surface area contributed by atoms with Crippen molar-refractivity contribution >= 4 is 97.5 Å². The van der Waals surface area contributed by atoms with Gasteiger partial charge >= 0.3 is 12.3 Å². The van der Waals surface area contributed by atoms with Gasteiger partial charge in [-0.3, -0.25) is 4.79 Å². The van der Waals surface area contributed by atoms with Crippen LogP contribution in [-0.4, -0.2) is 78.4 Å².